The number of anilines is 2. The van der Waals surface area contributed by atoms with Gasteiger partial charge in [0.15, 0.2) is 0 Å². The third-order valence-electron chi connectivity index (χ3n) is 4.62. The van der Waals surface area contributed by atoms with Gasteiger partial charge in [-0.15, -0.1) is 0 Å². The van der Waals surface area contributed by atoms with Crippen molar-refractivity contribution < 1.29 is 0 Å². The molecule has 1 aliphatic heterocycles. The van der Waals surface area contributed by atoms with Crippen LogP contribution in [0.1, 0.15) is 18.4 Å². The van der Waals surface area contributed by atoms with Crippen LogP contribution in [-0.2, 0) is 6.54 Å². The van der Waals surface area contributed by atoms with E-state index in [1.165, 1.54) is 18.4 Å². The first-order chi connectivity index (χ1) is 11.4. The van der Waals surface area contributed by atoms with Crippen LogP contribution in [0, 0.1) is 0 Å². The molecule has 2 fully saturated rings. The number of nitrogens with one attached hydrogen (secondary N) is 1. The largest absolute Gasteiger partial charge is 0.366 e. The van der Waals surface area contributed by atoms with E-state index in [4.69, 9.17) is 0 Å². The van der Waals surface area contributed by atoms with Crippen molar-refractivity contribution in [1.82, 2.24) is 14.9 Å². The molecule has 0 atom stereocenters. The van der Waals surface area contributed by atoms with Gasteiger partial charge < -0.3 is 10.2 Å². The minimum absolute atomic E-state index is 0.784. The molecule has 1 saturated carbocycles. The van der Waals surface area contributed by atoms with E-state index in [2.05, 4.69) is 49.4 Å². The van der Waals surface area contributed by atoms with E-state index in [0.717, 1.165) is 50.5 Å². The smallest absolute Gasteiger partial charge is 0.227 e. The normalized spacial score (nSPS) is 18.9. The van der Waals surface area contributed by atoms with Crippen LogP contribution in [0.5, 0.6) is 0 Å². The first-order valence-corrected chi connectivity index (χ1v) is 8.48. The minimum atomic E-state index is 0.784. The Morgan fingerprint density at radius 1 is 1.00 bits per heavy atom. The van der Waals surface area contributed by atoms with E-state index >= 15 is 0 Å². The average molecular weight is 309 g/mol. The molecule has 4 rings (SSSR count). The predicted octanol–water partition coefficient (Wildman–Crippen LogP) is 2.37. The standard InChI is InChI=1S/C18H23N5/c1-2-4-15(5-3-1)14-20-17-8-9-19-18(21-17)23-12-10-22(11-13-23)16-6-7-16/h1-5,8-9,16H,6-7,10-14H2,(H,19,20,21). The molecule has 5 nitrogen and oxygen atoms in total. The molecule has 2 heterocycles. The Bertz CT molecular complexity index is 633. The Morgan fingerprint density at radius 2 is 1.78 bits per heavy atom. The van der Waals surface area contributed by atoms with Gasteiger partial charge in [-0.1, -0.05) is 30.3 Å². The summed E-state index contributed by atoms with van der Waals surface area (Å²) in [5.74, 6) is 1.74. The van der Waals surface area contributed by atoms with Gasteiger partial charge in [0.05, 0.1) is 0 Å². The SMILES string of the molecule is c1ccc(CNc2ccnc(N3CCN(C4CC4)CC3)n2)cc1. The molecule has 0 bridgehead atoms. The van der Waals surface area contributed by atoms with Gasteiger partial charge >= 0.3 is 0 Å². The fourth-order valence-electron chi connectivity index (χ4n) is 3.11. The molecule has 23 heavy (non-hydrogen) atoms. The number of piperazine rings is 1. The maximum Gasteiger partial charge on any atom is 0.227 e. The summed E-state index contributed by atoms with van der Waals surface area (Å²) in [4.78, 5) is 14.0. The topological polar surface area (TPSA) is 44.3 Å². The highest BCUT2D eigenvalue weighted by molar-refractivity contribution is 5.42. The molecule has 1 N–H and O–H groups in total. The van der Waals surface area contributed by atoms with Crippen LogP contribution < -0.4 is 10.2 Å². The quantitative estimate of drug-likeness (QED) is 0.918. The highest BCUT2D eigenvalue weighted by atomic mass is 15.3. The molecule has 0 amide bonds. The zero-order valence-electron chi connectivity index (χ0n) is 13.4. The number of rotatable bonds is 5. The first kappa shape index (κ1) is 14.5. The lowest BCUT2D eigenvalue weighted by Crippen LogP contribution is -2.47. The summed E-state index contributed by atoms with van der Waals surface area (Å²) in [6.07, 6.45) is 4.62. The van der Waals surface area contributed by atoms with Crippen molar-refractivity contribution in [3.8, 4) is 0 Å². The van der Waals surface area contributed by atoms with Gasteiger partial charge in [0.2, 0.25) is 5.95 Å². The second kappa shape index (κ2) is 6.54. The van der Waals surface area contributed by atoms with Gasteiger partial charge in [0.25, 0.3) is 0 Å². The van der Waals surface area contributed by atoms with Crippen molar-refractivity contribution in [1.29, 1.82) is 0 Å². The molecule has 2 aliphatic rings. The van der Waals surface area contributed by atoms with Crippen molar-refractivity contribution >= 4 is 11.8 Å². The van der Waals surface area contributed by atoms with Crippen molar-refractivity contribution in [2.75, 3.05) is 36.4 Å². The number of aromatic nitrogens is 2. The van der Waals surface area contributed by atoms with E-state index in [0.29, 0.717) is 0 Å². The fraction of sp³-hybridized carbons (Fsp3) is 0.444. The van der Waals surface area contributed by atoms with E-state index in [-0.39, 0.29) is 0 Å². The molecule has 1 aliphatic carbocycles. The van der Waals surface area contributed by atoms with Gasteiger partial charge in [-0.25, -0.2) is 4.98 Å². The number of nitrogens with zero attached hydrogens (tertiary/aromatic N) is 4. The van der Waals surface area contributed by atoms with Gasteiger partial charge in [0, 0.05) is 45.0 Å². The van der Waals surface area contributed by atoms with Crippen LogP contribution in [0.4, 0.5) is 11.8 Å². The second-order valence-corrected chi connectivity index (χ2v) is 6.34. The van der Waals surface area contributed by atoms with Crippen molar-refractivity contribution in [2.45, 2.75) is 25.4 Å². The molecular weight excluding hydrogens is 286 g/mol. The fourth-order valence-corrected chi connectivity index (χ4v) is 3.11. The summed E-state index contributed by atoms with van der Waals surface area (Å²) in [5, 5.41) is 3.39. The molecule has 0 unspecified atom stereocenters. The van der Waals surface area contributed by atoms with Crippen LogP contribution in [-0.4, -0.2) is 47.1 Å². The monoisotopic (exact) mass is 309 g/mol. The zero-order chi connectivity index (χ0) is 15.5. The molecule has 1 aromatic carbocycles. The maximum absolute atomic E-state index is 4.68. The van der Waals surface area contributed by atoms with Gasteiger partial charge in [-0.05, 0) is 24.5 Å². The lowest BCUT2D eigenvalue weighted by atomic mass is 10.2. The molecule has 120 valence electrons. The third-order valence-corrected chi connectivity index (χ3v) is 4.62. The molecule has 5 heteroatoms. The van der Waals surface area contributed by atoms with Crippen molar-refractivity contribution in [2.24, 2.45) is 0 Å². The minimum Gasteiger partial charge on any atom is -0.366 e. The van der Waals surface area contributed by atoms with Gasteiger partial charge in [-0.2, -0.15) is 4.98 Å². The molecule has 1 saturated heterocycles. The average Bonchev–Trinajstić information content (AvgIpc) is 3.47. The van der Waals surface area contributed by atoms with Crippen LogP contribution in [0.2, 0.25) is 0 Å². The summed E-state index contributed by atoms with van der Waals surface area (Å²) in [6, 6.07) is 13.2. The number of hydrogen-bond acceptors (Lipinski definition) is 5. The third kappa shape index (κ3) is 3.62. The lowest BCUT2D eigenvalue weighted by molar-refractivity contribution is 0.247. The molecule has 0 radical (unpaired) electrons. The Kier molecular flexibility index (Phi) is 4.11. The van der Waals surface area contributed by atoms with Crippen LogP contribution in [0.3, 0.4) is 0 Å². The summed E-state index contributed by atoms with van der Waals surface area (Å²) < 4.78 is 0. The van der Waals surface area contributed by atoms with E-state index in [1.807, 2.05) is 18.3 Å². The number of hydrogen-bond donors (Lipinski definition) is 1. The first-order valence-electron chi connectivity index (χ1n) is 8.48. The Morgan fingerprint density at radius 3 is 2.52 bits per heavy atom. The van der Waals surface area contributed by atoms with Crippen LogP contribution in [0.15, 0.2) is 42.6 Å². The predicted molar refractivity (Wildman–Crippen MR) is 92.6 cm³/mol. The molecular formula is C18H23N5. The van der Waals surface area contributed by atoms with E-state index in [1.54, 1.807) is 0 Å². The lowest BCUT2D eigenvalue weighted by Gasteiger charge is -2.34. The highest BCUT2D eigenvalue weighted by Gasteiger charge is 2.31. The highest BCUT2D eigenvalue weighted by Crippen LogP contribution is 2.28. The van der Waals surface area contributed by atoms with Gasteiger partial charge in [-0.3, -0.25) is 4.90 Å². The molecule has 1 aromatic heterocycles. The van der Waals surface area contributed by atoms with Crippen molar-refractivity contribution in [3.05, 3.63) is 48.2 Å². The Hall–Kier alpha value is -2.14. The van der Waals surface area contributed by atoms with Crippen LogP contribution >= 0.6 is 0 Å². The van der Waals surface area contributed by atoms with E-state index < -0.39 is 0 Å². The summed E-state index contributed by atoms with van der Waals surface area (Å²) >= 11 is 0. The van der Waals surface area contributed by atoms with Crippen LogP contribution in [0.25, 0.3) is 0 Å². The summed E-state index contributed by atoms with van der Waals surface area (Å²) in [7, 11) is 0. The van der Waals surface area contributed by atoms with E-state index in [9.17, 15) is 0 Å². The second-order valence-electron chi connectivity index (χ2n) is 6.34. The molecule has 2 aromatic rings. The zero-order valence-corrected chi connectivity index (χ0v) is 13.4. The summed E-state index contributed by atoms with van der Waals surface area (Å²) in [5.41, 5.74) is 1.26. The molecule has 0 spiro atoms. The maximum atomic E-state index is 4.68. The Balaban J connectivity index is 1.36. The van der Waals surface area contributed by atoms with Crippen molar-refractivity contribution in [3.63, 3.8) is 0 Å². The Labute approximate surface area is 137 Å². The number of benzene rings is 1. The van der Waals surface area contributed by atoms with Gasteiger partial charge in [0.1, 0.15) is 5.82 Å². The summed E-state index contributed by atoms with van der Waals surface area (Å²) in [6.45, 7) is 5.11.